The summed E-state index contributed by atoms with van der Waals surface area (Å²) >= 11 is 0. The van der Waals surface area contributed by atoms with Crippen molar-refractivity contribution in [1.82, 2.24) is 15.0 Å². The number of rotatable bonds is 5. The quantitative estimate of drug-likeness (QED) is 0.768. The second-order valence-corrected chi connectivity index (χ2v) is 4.39. The molecular formula is C14H16N4O. The topological polar surface area (TPSA) is 66.0 Å². The van der Waals surface area contributed by atoms with E-state index in [1.807, 2.05) is 24.1 Å². The van der Waals surface area contributed by atoms with E-state index < -0.39 is 0 Å². The third-order valence-electron chi connectivity index (χ3n) is 2.83. The zero-order chi connectivity index (χ0) is 13.7. The Morgan fingerprint density at radius 1 is 1.32 bits per heavy atom. The summed E-state index contributed by atoms with van der Waals surface area (Å²) in [5, 5.41) is 12.5. The summed E-state index contributed by atoms with van der Waals surface area (Å²) < 4.78 is 5.18. The lowest BCUT2D eigenvalue weighted by molar-refractivity contribution is 0.287. The normalized spacial score (nSPS) is 10.6. The van der Waals surface area contributed by atoms with Gasteiger partial charge in [0.05, 0.1) is 19.2 Å². The first-order chi connectivity index (χ1) is 9.22. The Balaban J connectivity index is 2.09. The van der Waals surface area contributed by atoms with Crippen LogP contribution in [0, 0.1) is 11.3 Å². The second kappa shape index (κ2) is 6.12. The van der Waals surface area contributed by atoms with Crippen molar-refractivity contribution >= 4 is 0 Å². The van der Waals surface area contributed by atoms with E-state index in [4.69, 9.17) is 9.78 Å². The maximum Gasteiger partial charge on any atom is 0.241 e. The van der Waals surface area contributed by atoms with Crippen molar-refractivity contribution in [3.05, 3.63) is 35.7 Å². The first-order valence-corrected chi connectivity index (χ1v) is 6.20. The first-order valence-electron chi connectivity index (χ1n) is 6.20. The average Bonchev–Trinajstić information content (AvgIpc) is 2.87. The van der Waals surface area contributed by atoms with Crippen molar-refractivity contribution in [3.8, 4) is 17.5 Å². The van der Waals surface area contributed by atoms with E-state index in [1.165, 1.54) is 5.56 Å². The van der Waals surface area contributed by atoms with Gasteiger partial charge in [-0.2, -0.15) is 10.2 Å². The summed E-state index contributed by atoms with van der Waals surface area (Å²) in [7, 11) is 1.84. The monoisotopic (exact) mass is 256 g/mol. The molecule has 0 amide bonds. The number of nitriles is 1. The lowest BCUT2D eigenvalue weighted by Gasteiger charge is -2.07. The molecule has 0 aliphatic carbocycles. The molecule has 0 fully saturated rings. The van der Waals surface area contributed by atoms with Gasteiger partial charge in [-0.05, 0) is 19.0 Å². The predicted molar refractivity (Wildman–Crippen MR) is 71.1 cm³/mol. The molecule has 0 unspecified atom stereocenters. The zero-order valence-electron chi connectivity index (χ0n) is 11.1. The standard InChI is InChI=1S/C14H16N4O/c1-3-11-4-6-12(7-5-11)14-16-13(19-17-14)10-18(2)9-8-15/h4-7H,3,9-10H2,1-2H3. The highest BCUT2D eigenvalue weighted by molar-refractivity contribution is 5.54. The summed E-state index contributed by atoms with van der Waals surface area (Å²) in [5.74, 6) is 1.11. The Labute approximate surface area is 112 Å². The molecule has 19 heavy (non-hydrogen) atoms. The summed E-state index contributed by atoms with van der Waals surface area (Å²) in [6, 6.07) is 10.2. The molecule has 98 valence electrons. The molecule has 0 N–H and O–H groups in total. The number of aromatic nitrogens is 2. The molecule has 1 heterocycles. The van der Waals surface area contributed by atoms with Gasteiger partial charge in [0.15, 0.2) is 0 Å². The molecule has 0 aliphatic heterocycles. The number of nitrogens with zero attached hydrogens (tertiary/aromatic N) is 4. The highest BCUT2D eigenvalue weighted by atomic mass is 16.5. The lowest BCUT2D eigenvalue weighted by Crippen LogP contribution is -2.17. The van der Waals surface area contributed by atoms with E-state index >= 15 is 0 Å². The van der Waals surface area contributed by atoms with Gasteiger partial charge in [0.1, 0.15) is 0 Å². The Hall–Kier alpha value is -2.19. The van der Waals surface area contributed by atoms with Gasteiger partial charge in [0.25, 0.3) is 0 Å². The highest BCUT2D eigenvalue weighted by Gasteiger charge is 2.10. The minimum Gasteiger partial charge on any atom is -0.338 e. The van der Waals surface area contributed by atoms with Crippen molar-refractivity contribution in [1.29, 1.82) is 5.26 Å². The molecule has 2 aromatic rings. The average molecular weight is 256 g/mol. The molecule has 0 spiro atoms. The molecule has 0 saturated heterocycles. The fourth-order valence-electron chi connectivity index (χ4n) is 1.73. The molecule has 0 atom stereocenters. The highest BCUT2D eigenvalue weighted by Crippen LogP contribution is 2.17. The van der Waals surface area contributed by atoms with Gasteiger partial charge in [-0.15, -0.1) is 0 Å². The third kappa shape index (κ3) is 3.39. The molecule has 0 saturated carbocycles. The molecule has 1 aromatic heterocycles. The van der Waals surface area contributed by atoms with E-state index in [0.717, 1.165) is 12.0 Å². The van der Waals surface area contributed by atoms with Crippen molar-refractivity contribution in [2.75, 3.05) is 13.6 Å². The van der Waals surface area contributed by atoms with Gasteiger partial charge in [0, 0.05) is 5.56 Å². The minimum atomic E-state index is 0.336. The van der Waals surface area contributed by atoms with Crippen LogP contribution in [0.5, 0.6) is 0 Å². The molecule has 2 rings (SSSR count). The zero-order valence-corrected chi connectivity index (χ0v) is 11.1. The Kier molecular flexibility index (Phi) is 4.26. The molecule has 0 aliphatic rings. The fraction of sp³-hybridized carbons (Fsp3) is 0.357. The summed E-state index contributed by atoms with van der Waals surface area (Å²) in [4.78, 5) is 6.15. The summed E-state index contributed by atoms with van der Waals surface area (Å²) in [5.41, 5.74) is 2.22. The minimum absolute atomic E-state index is 0.336. The van der Waals surface area contributed by atoms with Crippen molar-refractivity contribution < 1.29 is 4.52 Å². The van der Waals surface area contributed by atoms with E-state index in [2.05, 4.69) is 35.3 Å². The van der Waals surface area contributed by atoms with Crippen LogP contribution in [0.1, 0.15) is 18.4 Å². The van der Waals surface area contributed by atoms with Gasteiger partial charge in [-0.1, -0.05) is 36.3 Å². The first kappa shape index (κ1) is 13.2. The largest absolute Gasteiger partial charge is 0.338 e. The Bertz CT molecular complexity index is 568. The van der Waals surface area contributed by atoms with Crippen LogP contribution in [0.15, 0.2) is 28.8 Å². The van der Waals surface area contributed by atoms with Crippen molar-refractivity contribution in [2.24, 2.45) is 0 Å². The maximum absolute atomic E-state index is 8.59. The second-order valence-electron chi connectivity index (χ2n) is 4.39. The number of aryl methyl sites for hydroxylation is 1. The van der Waals surface area contributed by atoms with Gasteiger partial charge in [-0.25, -0.2) is 0 Å². The number of hydrogen-bond acceptors (Lipinski definition) is 5. The van der Waals surface area contributed by atoms with Crippen LogP contribution in [-0.2, 0) is 13.0 Å². The van der Waals surface area contributed by atoms with Crippen LogP contribution in [0.3, 0.4) is 0 Å². The molecular weight excluding hydrogens is 240 g/mol. The van der Waals surface area contributed by atoms with Crippen LogP contribution in [-0.4, -0.2) is 28.6 Å². The summed E-state index contributed by atoms with van der Waals surface area (Å²) in [6.45, 7) is 2.93. The third-order valence-corrected chi connectivity index (χ3v) is 2.83. The van der Waals surface area contributed by atoms with Gasteiger partial charge in [-0.3, -0.25) is 4.90 Å². The Morgan fingerprint density at radius 3 is 2.68 bits per heavy atom. The number of benzene rings is 1. The smallest absolute Gasteiger partial charge is 0.241 e. The lowest BCUT2D eigenvalue weighted by atomic mass is 10.1. The van der Waals surface area contributed by atoms with Crippen LogP contribution < -0.4 is 0 Å². The molecule has 0 bridgehead atoms. The predicted octanol–water partition coefficient (Wildman–Crippen LogP) is 2.25. The van der Waals surface area contributed by atoms with Gasteiger partial charge >= 0.3 is 0 Å². The van der Waals surface area contributed by atoms with Gasteiger partial charge in [0.2, 0.25) is 11.7 Å². The number of hydrogen-bond donors (Lipinski definition) is 0. The summed E-state index contributed by atoms with van der Waals surface area (Å²) in [6.07, 6.45) is 1.01. The molecule has 1 aromatic carbocycles. The Morgan fingerprint density at radius 2 is 2.05 bits per heavy atom. The van der Waals surface area contributed by atoms with Crippen molar-refractivity contribution in [2.45, 2.75) is 19.9 Å². The SMILES string of the molecule is CCc1ccc(-c2noc(CN(C)CC#N)n2)cc1. The van der Waals surface area contributed by atoms with Crippen molar-refractivity contribution in [3.63, 3.8) is 0 Å². The molecule has 5 heteroatoms. The van der Waals surface area contributed by atoms with Gasteiger partial charge < -0.3 is 4.52 Å². The van der Waals surface area contributed by atoms with E-state index in [9.17, 15) is 0 Å². The van der Waals surface area contributed by atoms with Crippen LogP contribution >= 0.6 is 0 Å². The van der Waals surface area contributed by atoms with Crippen LogP contribution in [0.25, 0.3) is 11.4 Å². The molecule has 5 nitrogen and oxygen atoms in total. The molecule has 0 radical (unpaired) electrons. The maximum atomic E-state index is 8.59. The fourth-order valence-corrected chi connectivity index (χ4v) is 1.73. The van der Waals surface area contributed by atoms with E-state index in [0.29, 0.717) is 24.8 Å². The van der Waals surface area contributed by atoms with Crippen LogP contribution in [0.4, 0.5) is 0 Å². The van der Waals surface area contributed by atoms with E-state index in [1.54, 1.807) is 0 Å². The van der Waals surface area contributed by atoms with E-state index in [-0.39, 0.29) is 0 Å². The van der Waals surface area contributed by atoms with Crippen LogP contribution in [0.2, 0.25) is 0 Å².